The number of pyridine rings is 1. The lowest BCUT2D eigenvalue weighted by Crippen LogP contribution is -2.02. The molecule has 0 atom stereocenters. The van der Waals surface area contributed by atoms with Gasteiger partial charge in [-0.2, -0.15) is 0 Å². The normalized spacial score (nSPS) is 10.8. The number of anilines is 1. The quantitative estimate of drug-likeness (QED) is 0.706. The van der Waals surface area contributed by atoms with E-state index in [1.807, 2.05) is 6.20 Å². The summed E-state index contributed by atoms with van der Waals surface area (Å²) in [6.07, 6.45) is 1.84. The van der Waals surface area contributed by atoms with E-state index in [1.54, 1.807) is 0 Å². The van der Waals surface area contributed by atoms with E-state index >= 15 is 0 Å². The monoisotopic (exact) mass is 340 g/mol. The summed E-state index contributed by atoms with van der Waals surface area (Å²) in [6, 6.07) is 14.9. The summed E-state index contributed by atoms with van der Waals surface area (Å²) in [6.45, 7) is 5.08. The minimum Gasteiger partial charge on any atom is -0.379 e. The Morgan fingerprint density at radius 1 is 1.10 bits per heavy atom. The van der Waals surface area contributed by atoms with Gasteiger partial charge in [-0.15, -0.1) is 0 Å². The highest BCUT2D eigenvalue weighted by molar-refractivity contribution is 9.10. The fraction of sp³-hybridized carbons (Fsp3) is 0.167. The van der Waals surface area contributed by atoms with E-state index in [0.717, 1.165) is 27.6 Å². The van der Waals surface area contributed by atoms with Gasteiger partial charge >= 0.3 is 0 Å². The lowest BCUT2D eigenvalue weighted by molar-refractivity contribution is 1.11. The Bertz CT molecular complexity index is 796. The van der Waals surface area contributed by atoms with Crippen LogP contribution >= 0.6 is 15.9 Å². The van der Waals surface area contributed by atoms with Gasteiger partial charge in [-0.25, -0.2) is 0 Å². The van der Waals surface area contributed by atoms with Crippen LogP contribution in [0, 0.1) is 13.8 Å². The molecule has 0 unspecified atom stereocenters. The van der Waals surface area contributed by atoms with Crippen molar-refractivity contribution < 1.29 is 0 Å². The number of aryl methyl sites for hydroxylation is 2. The van der Waals surface area contributed by atoms with Crippen molar-refractivity contribution in [3.05, 3.63) is 69.8 Å². The van der Waals surface area contributed by atoms with Crippen molar-refractivity contribution >= 4 is 32.5 Å². The lowest BCUT2D eigenvalue weighted by atomic mass is 10.1. The minimum absolute atomic E-state index is 0.810. The summed E-state index contributed by atoms with van der Waals surface area (Å²) in [5.41, 5.74) is 6.00. The van der Waals surface area contributed by atoms with Gasteiger partial charge in [0.05, 0.1) is 11.2 Å². The summed E-state index contributed by atoms with van der Waals surface area (Å²) in [7, 11) is 0. The molecule has 1 N–H and O–H groups in total. The average molecular weight is 341 g/mol. The van der Waals surface area contributed by atoms with Crippen molar-refractivity contribution in [3.8, 4) is 0 Å². The van der Waals surface area contributed by atoms with E-state index in [-0.39, 0.29) is 0 Å². The number of rotatable bonds is 3. The highest BCUT2D eigenvalue weighted by Crippen LogP contribution is 2.24. The van der Waals surface area contributed by atoms with Crippen LogP contribution in [0.15, 0.2) is 53.1 Å². The molecule has 0 amide bonds. The molecule has 3 rings (SSSR count). The second-order valence-electron chi connectivity index (χ2n) is 5.31. The Labute approximate surface area is 133 Å². The topological polar surface area (TPSA) is 24.9 Å². The van der Waals surface area contributed by atoms with Crippen LogP contribution in [0.2, 0.25) is 0 Å². The highest BCUT2D eigenvalue weighted by atomic mass is 79.9. The average Bonchev–Trinajstić information content (AvgIpc) is 2.47. The maximum absolute atomic E-state index is 4.52. The molecule has 21 heavy (non-hydrogen) atoms. The van der Waals surface area contributed by atoms with Gasteiger partial charge in [0.15, 0.2) is 0 Å². The van der Waals surface area contributed by atoms with Crippen LogP contribution in [-0.4, -0.2) is 4.98 Å². The van der Waals surface area contributed by atoms with Crippen LogP contribution in [-0.2, 0) is 6.54 Å². The molecular formula is C18H17BrN2. The molecule has 3 aromatic rings. The Balaban J connectivity index is 1.90. The molecule has 0 fully saturated rings. The van der Waals surface area contributed by atoms with E-state index in [9.17, 15) is 0 Å². The molecule has 0 saturated heterocycles. The molecule has 2 nitrogen and oxygen atoms in total. The molecule has 106 valence electrons. The van der Waals surface area contributed by atoms with Gasteiger partial charge in [-0.3, -0.25) is 4.98 Å². The van der Waals surface area contributed by atoms with Crippen molar-refractivity contribution in [1.82, 2.24) is 4.98 Å². The van der Waals surface area contributed by atoms with Crippen molar-refractivity contribution in [3.63, 3.8) is 0 Å². The molecule has 0 spiro atoms. The molecular weight excluding hydrogens is 324 g/mol. The third kappa shape index (κ3) is 3.08. The predicted molar refractivity (Wildman–Crippen MR) is 92.7 cm³/mol. The van der Waals surface area contributed by atoms with Gasteiger partial charge in [-0.05, 0) is 53.0 Å². The molecule has 0 aliphatic heterocycles. The summed E-state index contributed by atoms with van der Waals surface area (Å²) in [5.74, 6) is 0. The van der Waals surface area contributed by atoms with E-state index < -0.39 is 0 Å². The summed E-state index contributed by atoms with van der Waals surface area (Å²) < 4.78 is 1.00. The fourth-order valence-electron chi connectivity index (χ4n) is 2.46. The minimum atomic E-state index is 0.810. The maximum atomic E-state index is 4.52. The molecule has 0 aliphatic carbocycles. The molecule has 0 aliphatic rings. The van der Waals surface area contributed by atoms with Crippen LogP contribution < -0.4 is 5.32 Å². The lowest BCUT2D eigenvalue weighted by Gasteiger charge is -2.12. The van der Waals surface area contributed by atoms with E-state index in [2.05, 4.69) is 82.5 Å². The largest absolute Gasteiger partial charge is 0.379 e. The van der Waals surface area contributed by atoms with Crippen LogP contribution in [0.3, 0.4) is 0 Å². The second-order valence-corrected chi connectivity index (χ2v) is 6.23. The predicted octanol–water partition coefficient (Wildman–Crippen LogP) is 5.23. The molecule has 0 saturated carbocycles. The number of fused-ring (bicyclic) bond motifs is 1. The van der Waals surface area contributed by atoms with Gasteiger partial charge in [-0.1, -0.05) is 35.9 Å². The van der Waals surface area contributed by atoms with E-state index in [1.165, 1.54) is 16.7 Å². The highest BCUT2D eigenvalue weighted by Gasteiger charge is 2.04. The van der Waals surface area contributed by atoms with E-state index in [4.69, 9.17) is 0 Å². The third-order valence-corrected chi connectivity index (χ3v) is 4.09. The Morgan fingerprint density at radius 2 is 1.95 bits per heavy atom. The van der Waals surface area contributed by atoms with Crippen molar-refractivity contribution in [2.75, 3.05) is 5.32 Å². The Kier molecular flexibility index (Phi) is 3.93. The fourth-order valence-corrected chi connectivity index (χ4v) is 2.81. The van der Waals surface area contributed by atoms with Crippen LogP contribution in [0.4, 0.5) is 5.69 Å². The number of nitrogens with one attached hydrogen (secondary N) is 1. The first-order valence-electron chi connectivity index (χ1n) is 6.98. The van der Waals surface area contributed by atoms with Crippen LogP contribution in [0.5, 0.6) is 0 Å². The number of aromatic nitrogens is 1. The molecule has 0 bridgehead atoms. The van der Waals surface area contributed by atoms with Crippen LogP contribution in [0.1, 0.15) is 16.7 Å². The first-order valence-corrected chi connectivity index (χ1v) is 7.77. The Morgan fingerprint density at radius 3 is 2.81 bits per heavy atom. The second kappa shape index (κ2) is 5.86. The summed E-state index contributed by atoms with van der Waals surface area (Å²) in [5, 5.41) is 4.65. The molecule has 1 aromatic heterocycles. The van der Waals surface area contributed by atoms with E-state index in [0.29, 0.717) is 0 Å². The number of hydrogen-bond acceptors (Lipinski definition) is 2. The number of hydrogen-bond donors (Lipinski definition) is 1. The van der Waals surface area contributed by atoms with Crippen LogP contribution in [0.25, 0.3) is 10.9 Å². The van der Waals surface area contributed by atoms with Gasteiger partial charge in [0.2, 0.25) is 0 Å². The van der Waals surface area contributed by atoms with Crippen molar-refractivity contribution in [2.24, 2.45) is 0 Å². The molecule has 0 radical (unpaired) electrons. The maximum Gasteiger partial charge on any atom is 0.0934 e. The van der Waals surface area contributed by atoms with Gasteiger partial charge in [0.25, 0.3) is 0 Å². The zero-order chi connectivity index (χ0) is 14.8. The molecule has 3 heteroatoms. The SMILES string of the molecule is Cc1ccc(C)c(CNc2cccc3cc(Br)cnc23)c1. The molecule has 1 heterocycles. The number of benzene rings is 2. The van der Waals surface area contributed by atoms with Gasteiger partial charge < -0.3 is 5.32 Å². The number of halogens is 1. The number of nitrogens with zero attached hydrogens (tertiary/aromatic N) is 1. The van der Waals surface area contributed by atoms with Crippen molar-refractivity contribution in [1.29, 1.82) is 0 Å². The third-order valence-electron chi connectivity index (χ3n) is 3.65. The Hall–Kier alpha value is -1.87. The first kappa shape index (κ1) is 14.1. The number of para-hydroxylation sites is 1. The first-order chi connectivity index (χ1) is 10.1. The van der Waals surface area contributed by atoms with Gasteiger partial charge in [0, 0.05) is 22.6 Å². The van der Waals surface area contributed by atoms with Gasteiger partial charge in [0.1, 0.15) is 0 Å². The summed E-state index contributed by atoms with van der Waals surface area (Å²) in [4.78, 5) is 4.52. The standard InChI is InChI=1S/C18H17BrN2/c1-12-6-7-13(2)15(8-12)10-20-17-5-3-4-14-9-16(19)11-21-18(14)17/h3-9,11,20H,10H2,1-2H3. The zero-order valence-corrected chi connectivity index (χ0v) is 13.7. The summed E-state index contributed by atoms with van der Waals surface area (Å²) >= 11 is 3.47. The molecule has 2 aromatic carbocycles. The van der Waals surface area contributed by atoms with Crippen molar-refractivity contribution in [2.45, 2.75) is 20.4 Å². The zero-order valence-electron chi connectivity index (χ0n) is 12.2. The smallest absolute Gasteiger partial charge is 0.0934 e.